The van der Waals surface area contributed by atoms with E-state index in [4.69, 9.17) is 0 Å². The first-order chi connectivity index (χ1) is 13.2. The molecule has 0 aliphatic carbocycles. The lowest BCUT2D eigenvalue weighted by Crippen LogP contribution is -2.48. The predicted molar refractivity (Wildman–Crippen MR) is 109 cm³/mol. The summed E-state index contributed by atoms with van der Waals surface area (Å²) >= 11 is 1.66. The van der Waals surface area contributed by atoms with E-state index < -0.39 is 0 Å². The van der Waals surface area contributed by atoms with E-state index >= 15 is 0 Å². The number of aryl methyl sites for hydroxylation is 1. The van der Waals surface area contributed by atoms with E-state index in [2.05, 4.69) is 31.6 Å². The molecule has 3 aromatic rings. The lowest BCUT2D eigenvalue weighted by atomic mass is 10.1. The van der Waals surface area contributed by atoms with E-state index in [1.165, 1.54) is 5.56 Å². The van der Waals surface area contributed by atoms with Gasteiger partial charge in [-0.15, -0.1) is 11.3 Å². The van der Waals surface area contributed by atoms with Gasteiger partial charge in [0.2, 0.25) is 0 Å². The fourth-order valence-corrected chi connectivity index (χ4v) is 4.35. The van der Waals surface area contributed by atoms with Crippen molar-refractivity contribution in [3.8, 4) is 0 Å². The van der Waals surface area contributed by atoms with Crippen LogP contribution in [0.5, 0.6) is 0 Å². The fourth-order valence-electron chi connectivity index (χ4n) is 3.54. The Morgan fingerprint density at radius 2 is 2.30 bits per heavy atom. The zero-order chi connectivity index (χ0) is 18.6. The van der Waals surface area contributed by atoms with E-state index in [9.17, 15) is 4.79 Å². The Bertz CT molecular complexity index is 927. The Labute approximate surface area is 162 Å². The number of nitrogens with one attached hydrogen (secondary N) is 2. The van der Waals surface area contributed by atoms with Crippen molar-refractivity contribution in [1.29, 1.82) is 0 Å². The molecule has 2 N–H and O–H groups in total. The molecule has 3 heterocycles. The Balaban J connectivity index is 1.32. The highest BCUT2D eigenvalue weighted by Crippen LogP contribution is 2.24. The van der Waals surface area contributed by atoms with Crippen molar-refractivity contribution in [2.24, 2.45) is 0 Å². The number of nitrogens with zero attached hydrogens (tertiary/aromatic N) is 3. The first kappa shape index (κ1) is 17.9. The lowest BCUT2D eigenvalue weighted by Gasteiger charge is -2.33. The summed E-state index contributed by atoms with van der Waals surface area (Å²) in [5.74, 6) is 0. The van der Waals surface area contributed by atoms with Crippen molar-refractivity contribution in [1.82, 2.24) is 20.2 Å². The second kappa shape index (κ2) is 8.02. The molecule has 1 saturated heterocycles. The van der Waals surface area contributed by atoms with Gasteiger partial charge in [-0.3, -0.25) is 9.88 Å². The van der Waals surface area contributed by atoms with Crippen molar-refractivity contribution in [3.63, 3.8) is 0 Å². The number of rotatable bonds is 4. The number of hydrogen-bond donors (Lipinski definition) is 2. The van der Waals surface area contributed by atoms with Gasteiger partial charge in [-0.05, 0) is 56.1 Å². The van der Waals surface area contributed by atoms with Crippen LogP contribution in [0.1, 0.15) is 23.4 Å². The number of fused-ring (bicyclic) bond motifs is 1. The van der Waals surface area contributed by atoms with Crippen molar-refractivity contribution >= 4 is 33.3 Å². The minimum Gasteiger partial charge on any atom is -0.334 e. The number of carbonyl (C=O) groups is 1. The van der Waals surface area contributed by atoms with Crippen LogP contribution in [0.4, 0.5) is 10.5 Å². The highest BCUT2D eigenvalue weighted by atomic mass is 32.1. The summed E-state index contributed by atoms with van der Waals surface area (Å²) in [6, 6.07) is 9.90. The molecule has 2 aromatic heterocycles. The van der Waals surface area contributed by atoms with Crippen molar-refractivity contribution in [3.05, 3.63) is 53.3 Å². The zero-order valence-electron chi connectivity index (χ0n) is 15.3. The third kappa shape index (κ3) is 4.61. The molecule has 0 radical (unpaired) electrons. The molecule has 0 spiro atoms. The van der Waals surface area contributed by atoms with Gasteiger partial charge in [0, 0.05) is 37.2 Å². The van der Waals surface area contributed by atoms with Gasteiger partial charge >= 0.3 is 6.03 Å². The second-order valence-corrected chi connectivity index (χ2v) is 8.18. The quantitative estimate of drug-likeness (QED) is 0.721. The summed E-state index contributed by atoms with van der Waals surface area (Å²) in [5.41, 5.74) is 2.90. The van der Waals surface area contributed by atoms with E-state index in [-0.39, 0.29) is 12.1 Å². The average Bonchev–Trinajstić information content (AvgIpc) is 3.02. The molecular weight excluding hydrogens is 358 g/mol. The summed E-state index contributed by atoms with van der Waals surface area (Å²) in [4.78, 5) is 23.4. The van der Waals surface area contributed by atoms with Gasteiger partial charge in [-0.2, -0.15) is 0 Å². The number of aromatic nitrogens is 2. The average molecular weight is 382 g/mol. The van der Waals surface area contributed by atoms with Gasteiger partial charge in [0.1, 0.15) is 0 Å². The minimum absolute atomic E-state index is 0.153. The molecule has 1 aliphatic rings. The molecule has 1 fully saturated rings. The monoisotopic (exact) mass is 381 g/mol. The largest absolute Gasteiger partial charge is 0.334 e. The van der Waals surface area contributed by atoms with Gasteiger partial charge in [0.05, 0.1) is 15.2 Å². The standard InChI is InChI=1S/C20H23N5OS/c1-14-22-18-10-16(6-7-19(18)27-14)23-20(26)24-17-5-3-9-25(13-17)12-15-4-2-8-21-11-15/h2,4,6-8,10-11,17H,3,5,9,12-13H2,1H3,(H2,23,24,26). The third-order valence-corrected chi connectivity index (χ3v) is 5.67. The molecule has 140 valence electrons. The number of urea groups is 1. The van der Waals surface area contributed by atoms with Gasteiger partial charge in [-0.1, -0.05) is 6.07 Å². The van der Waals surface area contributed by atoms with Gasteiger partial charge in [-0.25, -0.2) is 9.78 Å². The number of pyridine rings is 1. The van der Waals surface area contributed by atoms with Crippen LogP contribution in [0.25, 0.3) is 10.2 Å². The molecule has 4 rings (SSSR count). The lowest BCUT2D eigenvalue weighted by molar-refractivity contribution is 0.183. The minimum atomic E-state index is -0.158. The first-order valence-corrected chi connectivity index (χ1v) is 10.0. The van der Waals surface area contributed by atoms with Crippen molar-refractivity contribution < 1.29 is 4.79 Å². The van der Waals surface area contributed by atoms with Crippen molar-refractivity contribution in [2.45, 2.75) is 32.4 Å². The van der Waals surface area contributed by atoms with Crippen LogP contribution in [-0.2, 0) is 6.54 Å². The van der Waals surface area contributed by atoms with Crippen LogP contribution >= 0.6 is 11.3 Å². The SMILES string of the molecule is Cc1nc2cc(NC(=O)NC3CCCN(Cc4cccnc4)C3)ccc2s1. The number of amides is 2. The van der Waals surface area contributed by atoms with E-state index in [0.29, 0.717) is 0 Å². The second-order valence-electron chi connectivity index (χ2n) is 6.95. The fraction of sp³-hybridized carbons (Fsp3) is 0.350. The van der Waals surface area contributed by atoms with Gasteiger partial charge in [0.25, 0.3) is 0 Å². The summed E-state index contributed by atoms with van der Waals surface area (Å²) in [7, 11) is 0. The zero-order valence-corrected chi connectivity index (χ0v) is 16.1. The summed E-state index contributed by atoms with van der Waals surface area (Å²) < 4.78 is 1.14. The molecule has 6 nitrogen and oxygen atoms in total. The van der Waals surface area contributed by atoms with Crippen LogP contribution in [0.2, 0.25) is 0 Å². The van der Waals surface area contributed by atoms with Crippen LogP contribution in [0.15, 0.2) is 42.7 Å². The van der Waals surface area contributed by atoms with Crippen LogP contribution in [0, 0.1) is 6.92 Å². The highest BCUT2D eigenvalue weighted by molar-refractivity contribution is 7.18. The Morgan fingerprint density at radius 1 is 1.37 bits per heavy atom. The molecule has 27 heavy (non-hydrogen) atoms. The highest BCUT2D eigenvalue weighted by Gasteiger charge is 2.21. The molecule has 1 unspecified atom stereocenters. The molecule has 0 bridgehead atoms. The molecule has 0 saturated carbocycles. The Hall–Kier alpha value is -2.51. The first-order valence-electron chi connectivity index (χ1n) is 9.22. The van der Waals surface area contributed by atoms with Crippen LogP contribution < -0.4 is 10.6 Å². The van der Waals surface area contributed by atoms with Crippen molar-refractivity contribution in [2.75, 3.05) is 18.4 Å². The third-order valence-electron chi connectivity index (χ3n) is 4.72. The summed E-state index contributed by atoms with van der Waals surface area (Å²) in [6.45, 7) is 4.76. The molecule has 1 aromatic carbocycles. The number of carbonyl (C=O) groups excluding carboxylic acids is 1. The molecule has 1 aliphatic heterocycles. The number of likely N-dealkylation sites (tertiary alicyclic amines) is 1. The maximum absolute atomic E-state index is 12.4. The maximum atomic E-state index is 12.4. The van der Waals surface area contributed by atoms with Gasteiger partial charge < -0.3 is 10.6 Å². The summed E-state index contributed by atoms with van der Waals surface area (Å²) in [6.07, 6.45) is 5.77. The number of piperidine rings is 1. The molecular formula is C20H23N5OS. The van der Waals surface area contributed by atoms with E-state index in [1.807, 2.05) is 37.4 Å². The maximum Gasteiger partial charge on any atom is 0.319 e. The number of hydrogen-bond acceptors (Lipinski definition) is 5. The predicted octanol–water partition coefficient (Wildman–Crippen LogP) is 3.79. The van der Waals surface area contributed by atoms with Gasteiger partial charge in [0.15, 0.2) is 0 Å². The molecule has 7 heteroatoms. The smallest absolute Gasteiger partial charge is 0.319 e. The number of benzene rings is 1. The molecule has 2 amide bonds. The van der Waals surface area contributed by atoms with Crippen LogP contribution in [-0.4, -0.2) is 40.0 Å². The van der Waals surface area contributed by atoms with E-state index in [0.717, 1.165) is 53.4 Å². The summed E-state index contributed by atoms with van der Waals surface area (Å²) in [5, 5.41) is 7.08. The molecule has 1 atom stereocenters. The number of anilines is 1. The van der Waals surface area contributed by atoms with E-state index in [1.54, 1.807) is 17.5 Å². The normalized spacial score (nSPS) is 17.7. The number of thiazole rings is 1. The van der Waals surface area contributed by atoms with Crippen LogP contribution in [0.3, 0.4) is 0 Å². The Kier molecular flexibility index (Phi) is 5.31. The Morgan fingerprint density at radius 3 is 3.15 bits per heavy atom. The topological polar surface area (TPSA) is 70.2 Å².